The first kappa shape index (κ1) is 91.2. The summed E-state index contributed by atoms with van der Waals surface area (Å²) in [5, 5.41) is 20.6. The van der Waals surface area contributed by atoms with Gasteiger partial charge in [0.25, 0.3) is 0 Å². The molecule has 0 aliphatic rings. The Labute approximate surface area is 577 Å². The molecule has 0 aliphatic heterocycles. The fourth-order valence-electron chi connectivity index (χ4n) is 9.78. The van der Waals surface area contributed by atoms with Gasteiger partial charge in [-0.3, -0.25) is 32.5 Å². The number of esters is 3. The van der Waals surface area contributed by atoms with E-state index in [4.69, 9.17) is 32.3 Å². The van der Waals surface area contributed by atoms with Crippen LogP contribution < -0.4 is 0 Å². The molecule has 0 aromatic carbocycles. The van der Waals surface area contributed by atoms with Crippen LogP contribution in [-0.2, 0) is 55.8 Å². The molecule has 5 unspecified atom stereocenters. The van der Waals surface area contributed by atoms with Crippen LogP contribution in [0, 0.1) is 0 Å². The molecule has 0 radical (unpaired) electrons. The highest BCUT2D eigenvalue weighted by atomic mass is 31.2. The fourth-order valence-corrected chi connectivity index (χ4v) is 11.4. The monoisotopic (exact) mass is 1380 g/mol. The number of ether oxygens (including phenoxy) is 3. The molecule has 0 saturated heterocycles. The highest BCUT2D eigenvalue weighted by Gasteiger charge is 2.29. The third kappa shape index (κ3) is 71.3. The number of aliphatic hydroxyl groups is 2. The Kier molecular flexibility index (Phi) is 67.3. The van der Waals surface area contributed by atoms with Crippen molar-refractivity contribution in [1.29, 1.82) is 0 Å². The van der Waals surface area contributed by atoms with Gasteiger partial charge in [-0.15, -0.1) is 0 Å². The summed E-state index contributed by atoms with van der Waals surface area (Å²) < 4.78 is 60.9. The minimum atomic E-state index is -4.93. The summed E-state index contributed by atoms with van der Waals surface area (Å²) in [6.45, 7) is 2.48. The molecule has 0 spiro atoms. The van der Waals surface area contributed by atoms with Crippen molar-refractivity contribution >= 4 is 33.6 Å². The van der Waals surface area contributed by atoms with E-state index < -0.39 is 91.5 Å². The lowest BCUT2D eigenvalue weighted by Crippen LogP contribution is -2.30. The van der Waals surface area contributed by atoms with Crippen LogP contribution in [0.15, 0.2) is 109 Å². The van der Waals surface area contributed by atoms with Gasteiger partial charge in [0.15, 0.2) is 6.10 Å². The molecule has 95 heavy (non-hydrogen) atoms. The van der Waals surface area contributed by atoms with Crippen molar-refractivity contribution in [2.24, 2.45) is 0 Å². The molecule has 0 saturated carbocycles. The molecule has 0 rings (SSSR count). The van der Waals surface area contributed by atoms with E-state index in [1.165, 1.54) is 109 Å². The number of carbonyl (C=O) groups excluding carboxylic acids is 3. The lowest BCUT2D eigenvalue weighted by molar-refractivity contribution is -0.161. The van der Waals surface area contributed by atoms with Crippen molar-refractivity contribution < 1.29 is 75.8 Å². The van der Waals surface area contributed by atoms with Crippen LogP contribution in [0.5, 0.6) is 0 Å². The Morgan fingerprint density at radius 1 is 0.305 bits per heavy atom. The van der Waals surface area contributed by atoms with Gasteiger partial charge in [0, 0.05) is 19.3 Å². The number of aliphatic hydroxyl groups excluding tert-OH is 2. The van der Waals surface area contributed by atoms with Crippen LogP contribution in [-0.4, -0.2) is 95.9 Å². The van der Waals surface area contributed by atoms with Gasteiger partial charge in [-0.2, -0.15) is 0 Å². The number of hydrogen-bond donors (Lipinski definition) is 4. The number of hydrogen-bond acceptors (Lipinski definition) is 14. The van der Waals surface area contributed by atoms with E-state index >= 15 is 0 Å². The third-order valence-electron chi connectivity index (χ3n) is 15.5. The second-order valence-electron chi connectivity index (χ2n) is 24.7. The lowest BCUT2D eigenvalue weighted by Gasteiger charge is -2.21. The van der Waals surface area contributed by atoms with E-state index in [0.29, 0.717) is 19.3 Å². The van der Waals surface area contributed by atoms with Gasteiger partial charge >= 0.3 is 33.6 Å². The van der Waals surface area contributed by atoms with Gasteiger partial charge in [0.05, 0.1) is 26.4 Å². The van der Waals surface area contributed by atoms with Crippen molar-refractivity contribution in [2.75, 3.05) is 39.6 Å². The topological polar surface area (TPSA) is 231 Å². The van der Waals surface area contributed by atoms with Crippen LogP contribution in [0.25, 0.3) is 0 Å². The van der Waals surface area contributed by atoms with E-state index in [1.807, 2.05) is 0 Å². The predicted molar refractivity (Wildman–Crippen MR) is 390 cm³/mol. The van der Waals surface area contributed by atoms with Crippen molar-refractivity contribution in [3.8, 4) is 0 Å². The zero-order valence-corrected chi connectivity index (χ0v) is 61.4. The number of unbranched alkanes of at least 4 members (excludes halogenated alkanes) is 29. The van der Waals surface area contributed by atoms with Crippen molar-refractivity contribution in [2.45, 2.75) is 322 Å². The van der Waals surface area contributed by atoms with Crippen molar-refractivity contribution in [3.05, 3.63) is 109 Å². The van der Waals surface area contributed by atoms with E-state index in [2.05, 4.69) is 130 Å². The quantitative estimate of drug-likeness (QED) is 0.0146. The Morgan fingerprint density at radius 2 is 0.558 bits per heavy atom. The molecule has 548 valence electrons. The molecule has 0 fully saturated rings. The molecule has 0 aliphatic carbocycles. The van der Waals surface area contributed by atoms with Crippen LogP contribution in [0.4, 0.5) is 0 Å². The van der Waals surface area contributed by atoms with E-state index in [-0.39, 0.29) is 19.3 Å². The van der Waals surface area contributed by atoms with E-state index in [9.17, 15) is 43.5 Å². The zero-order chi connectivity index (χ0) is 69.5. The molecule has 0 aromatic rings. The highest BCUT2D eigenvalue weighted by molar-refractivity contribution is 7.47. The molecule has 5 atom stereocenters. The SMILES string of the molecule is CC/C=C\C/C=C\C/C=C\C/C=C\CCCCCCC(=O)OCC(COP(=O)(O)OCC(O)COP(=O)(O)OCC(O)COC(=O)CCCCCCCCCCCCCCC/C=C\C/C=C\C/C=C\C/C=C\CCCCC)OC(=O)CCCCCCC/C=C\CCCCCC. The fraction of sp³-hybridized carbons (Fsp3) is 0.727. The van der Waals surface area contributed by atoms with Gasteiger partial charge in [0.2, 0.25) is 0 Å². The third-order valence-corrected chi connectivity index (χ3v) is 17.4. The maximum Gasteiger partial charge on any atom is 0.472 e. The maximum absolute atomic E-state index is 12.9. The molecule has 0 bridgehead atoms. The Morgan fingerprint density at radius 3 is 0.916 bits per heavy atom. The largest absolute Gasteiger partial charge is 0.472 e. The molecular weight excluding hydrogens is 1240 g/mol. The van der Waals surface area contributed by atoms with Gasteiger partial charge in [0.1, 0.15) is 25.4 Å². The standard InChI is InChI=1S/C77H134O16P2/c1-4-7-10-13-16-19-22-25-27-29-30-31-32-33-34-35-36-37-38-39-40-42-44-46-48-51-54-57-60-63-75(80)87-66-72(78)67-89-94(83,84)90-68-73(79)69-91-95(85,86)92-71-74(93-77(82)65-62-59-56-53-50-45-24-21-18-15-12-9-6-3)70-88-76(81)64-61-58-55-52-49-47-43-41-28-26-23-20-17-14-11-8-5-2/h8,11,16-17,19-21,24-28,30-31,33-34,43,47,72-74,78-79H,4-7,9-10,12-15,18,22-23,29,32,35-42,44-46,48-71H2,1-3H3,(H,83,84)(H,85,86)/b11-8-,19-16-,20-17-,24-21-,27-25-,28-26-,31-30-,34-33-,47-43-. The number of carbonyl (C=O) groups is 3. The van der Waals surface area contributed by atoms with Crippen molar-refractivity contribution in [3.63, 3.8) is 0 Å². The van der Waals surface area contributed by atoms with Crippen LogP contribution in [0.1, 0.15) is 303 Å². The molecule has 4 N–H and O–H groups in total. The molecular formula is C77H134O16P2. The molecule has 0 aromatic heterocycles. The van der Waals surface area contributed by atoms with E-state index in [1.54, 1.807) is 0 Å². The van der Waals surface area contributed by atoms with Gasteiger partial charge in [-0.1, -0.05) is 265 Å². The Balaban J connectivity index is 4.48. The number of phosphoric acid groups is 2. The minimum Gasteiger partial charge on any atom is -0.463 e. The number of allylic oxidation sites excluding steroid dienone is 18. The van der Waals surface area contributed by atoms with Crippen LogP contribution >= 0.6 is 15.6 Å². The zero-order valence-electron chi connectivity index (χ0n) is 59.6. The summed E-state index contributed by atoms with van der Waals surface area (Å²) in [4.78, 5) is 58.4. The molecule has 0 heterocycles. The minimum absolute atomic E-state index is 0.0879. The maximum atomic E-state index is 12.9. The van der Waals surface area contributed by atoms with Crippen LogP contribution in [0.3, 0.4) is 0 Å². The predicted octanol–water partition coefficient (Wildman–Crippen LogP) is 21.2. The van der Waals surface area contributed by atoms with Crippen molar-refractivity contribution in [1.82, 2.24) is 0 Å². The van der Waals surface area contributed by atoms with E-state index in [0.717, 1.165) is 135 Å². The Hall–Kier alpha value is -3.79. The number of phosphoric ester groups is 2. The summed E-state index contributed by atoms with van der Waals surface area (Å²) in [5.74, 6) is -1.61. The van der Waals surface area contributed by atoms with Gasteiger partial charge in [-0.25, -0.2) is 9.13 Å². The normalized spacial score (nSPS) is 14.7. The average molecular weight is 1380 g/mol. The highest BCUT2D eigenvalue weighted by Crippen LogP contribution is 2.45. The van der Waals surface area contributed by atoms with Gasteiger partial charge in [-0.05, 0) is 128 Å². The molecule has 18 heteroatoms. The number of rotatable bonds is 70. The smallest absolute Gasteiger partial charge is 0.463 e. The Bertz CT molecular complexity index is 2170. The summed E-state index contributed by atoms with van der Waals surface area (Å²) >= 11 is 0. The summed E-state index contributed by atoms with van der Waals surface area (Å²) in [6.07, 6.45) is 80.1. The summed E-state index contributed by atoms with van der Waals surface area (Å²) in [6, 6.07) is 0. The molecule has 0 amide bonds. The first-order chi connectivity index (χ1) is 46.2. The molecule has 16 nitrogen and oxygen atoms in total. The van der Waals surface area contributed by atoms with Crippen LogP contribution in [0.2, 0.25) is 0 Å². The summed E-state index contributed by atoms with van der Waals surface area (Å²) in [5.41, 5.74) is 0. The summed E-state index contributed by atoms with van der Waals surface area (Å²) in [7, 11) is -9.79. The first-order valence-electron chi connectivity index (χ1n) is 37.2. The average Bonchev–Trinajstić information content (AvgIpc) is 1.83. The first-order valence-corrected chi connectivity index (χ1v) is 40.2. The lowest BCUT2D eigenvalue weighted by atomic mass is 10.0. The van der Waals surface area contributed by atoms with Gasteiger partial charge < -0.3 is 34.2 Å². The second-order valence-corrected chi connectivity index (χ2v) is 27.6. The second kappa shape index (κ2) is 70.1.